The number of hydrogen-bond acceptors (Lipinski definition) is 3. The Balaban J connectivity index is 1.65. The first kappa shape index (κ1) is 21.2. The Bertz CT molecular complexity index is 1040. The molecule has 154 valence electrons. The maximum atomic E-state index is 13.9. The van der Waals surface area contributed by atoms with Crippen LogP contribution in [-0.2, 0) is 11.3 Å². The number of nitrogens with one attached hydrogen (secondary N) is 2. The normalized spacial score (nSPS) is 11.6. The van der Waals surface area contributed by atoms with Gasteiger partial charge in [-0.15, -0.1) is 0 Å². The monoisotopic (exact) mass is 407 g/mol. The molecule has 0 saturated heterocycles. The van der Waals surface area contributed by atoms with Crippen LogP contribution in [0.2, 0.25) is 0 Å². The number of anilines is 1. The summed E-state index contributed by atoms with van der Waals surface area (Å²) in [5, 5.41) is 2.83. The smallest absolute Gasteiger partial charge is 0.279 e. The molecule has 30 heavy (non-hydrogen) atoms. The molecule has 1 unspecified atom stereocenters. The lowest BCUT2D eigenvalue weighted by Gasteiger charge is -2.15. The molecule has 0 aliphatic heterocycles. The number of carbonyl (C=O) groups excluding carboxylic acids is 2. The molecular weight excluding hydrogens is 383 g/mol. The van der Waals surface area contributed by atoms with Gasteiger partial charge in [-0.25, -0.2) is 4.39 Å². The predicted molar refractivity (Wildman–Crippen MR) is 113 cm³/mol. The number of carbonyl (C=O) groups is 2. The highest BCUT2D eigenvalue weighted by Crippen LogP contribution is 2.19. The number of para-hydroxylation sites is 1. The molecule has 0 fully saturated rings. The highest BCUT2D eigenvalue weighted by atomic mass is 19.1. The molecule has 0 aromatic heterocycles. The van der Waals surface area contributed by atoms with Crippen LogP contribution in [0.4, 0.5) is 10.1 Å². The Hall–Kier alpha value is -3.51. The van der Waals surface area contributed by atoms with Gasteiger partial charge in [0, 0.05) is 16.7 Å². The van der Waals surface area contributed by atoms with Crippen LogP contribution < -0.4 is 15.0 Å². The van der Waals surface area contributed by atoms with E-state index in [1.807, 2.05) is 13.1 Å². The fourth-order valence-corrected chi connectivity index (χ4v) is 3.23. The summed E-state index contributed by atoms with van der Waals surface area (Å²) in [6.45, 7) is 0.639. The molecule has 3 aromatic rings. The molecule has 0 spiro atoms. The van der Waals surface area contributed by atoms with Crippen molar-refractivity contribution in [3.05, 3.63) is 95.3 Å². The molecule has 0 radical (unpaired) electrons. The maximum Gasteiger partial charge on any atom is 0.279 e. The molecule has 0 saturated carbocycles. The maximum absolute atomic E-state index is 13.9. The van der Waals surface area contributed by atoms with Gasteiger partial charge in [-0.3, -0.25) is 9.59 Å². The van der Waals surface area contributed by atoms with E-state index in [-0.39, 0.29) is 24.0 Å². The van der Waals surface area contributed by atoms with Gasteiger partial charge in [-0.2, -0.15) is 0 Å². The molecule has 0 bridgehead atoms. The van der Waals surface area contributed by atoms with E-state index in [0.717, 1.165) is 10.5 Å². The molecule has 0 heterocycles. The van der Waals surface area contributed by atoms with E-state index >= 15 is 0 Å². The van der Waals surface area contributed by atoms with Crippen molar-refractivity contribution in [3.63, 3.8) is 0 Å². The van der Waals surface area contributed by atoms with Crippen LogP contribution in [0.1, 0.15) is 21.5 Å². The number of ether oxygens (including phenoxy) is 1. The van der Waals surface area contributed by atoms with E-state index in [9.17, 15) is 14.0 Å². The number of rotatable bonds is 8. The SMILES string of the molecule is COc1ccc(C[NH+](C)CC(=O)Nc2ccccc2C(=O)c2ccccc2)cc1F. The Morgan fingerprint density at radius 1 is 1.00 bits per heavy atom. The first-order chi connectivity index (χ1) is 14.5. The topological polar surface area (TPSA) is 59.8 Å². The number of quaternary nitrogens is 1. The minimum absolute atomic E-state index is 0.152. The van der Waals surface area contributed by atoms with E-state index in [1.54, 1.807) is 60.7 Å². The van der Waals surface area contributed by atoms with Gasteiger partial charge < -0.3 is 15.0 Å². The van der Waals surface area contributed by atoms with Crippen molar-refractivity contribution >= 4 is 17.4 Å². The van der Waals surface area contributed by atoms with Crippen LogP contribution in [0, 0.1) is 5.82 Å². The molecule has 0 aliphatic rings. The van der Waals surface area contributed by atoms with Gasteiger partial charge in [-0.1, -0.05) is 42.5 Å². The number of ketones is 1. The van der Waals surface area contributed by atoms with Crippen molar-refractivity contribution < 1.29 is 23.6 Å². The largest absolute Gasteiger partial charge is 0.494 e. The van der Waals surface area contributed by atoms with Crippen LogP contribution in [0.5, 0.6) is 5.75 Å². The van der Waals surface area contributed by atoms with Crippen LogP contribution in [0.15, 0.2) is 72.8 Å². The third-order valence-electron chi connectivity index (χ3n) is 4.67. The number of benzene rings is 3. The summed E-state index contributed by atoms with van der Waals surface area (Å²) in [6, 6.07) is 20.6. The molecule has 1 amide bonds. The average molecular weight is 407 g/mol. The first-order valence-electron chi connectivity index (χ1n) is 9.60. The summed E-state index contributed by atoms with van der Waals surface area (Å²) in [4.78, 5) is 26.2. The minimum Gasteiger partial charge on any atom is -0.494 e. The quantitative estimate of drug-likeness (QED) is 0.565. The van der Waals surface area contributed by atoms with Crippen LogP contribution in [-0.4, -0.2) is 32.4 Å². The standard InChI is InChI=1S/C24H23FN2O3/c1-27(15-17-12-13-22(30-2)20(25)14-17)16-23(28)26-21-11-7-6-10-19(21)24(29)18-8-4-3-5-9-18/h3-14H,15-16H2,1-2H3,(H,26,28)/p+1. The number of amides is 1. The van der Waals surface area contributed by atoms with E-state index in [1.165, 1.54) is 13.2 Å². The molecule has 1 atom stereocenters. The van der Waals surface area contributed by atoms with Gasteiger partial charge >= 0.3 is 0 Å². The number of likely N-dealkylation sites (N-methyl/N-ethyl adjacent to an activating group) is 1. The molecule has 3 aromatic carbocycles. The van der Waals surface area contributed by atoms with Gasteiger partial charge in [-0.05, 0) is 30.3 Å². The highest BCUT2D eigenvalue weighted by Gasteiger charge is 2.17. The second kappa shape index (κ2) is 9.80. The second-order valence-corrected chi connectivity index (χ2v) is 7.07. The van der Waals surface area contributed by atoms with Crippen molar-refractivity contribution in [1.29, 1.82) is 0 Å². The zero-order valence-electron chi connectivity index (χ0n) is 16.9. The van der Waals surface area contributed by atoms with Crippen molar-refractivity contribution in [3.8, 4) is 5.75 Å². The van der Waals surface area contributed by atoms with Crippen LogP contribution in [0.25, 0.3) is 0 Å². The average Bonchev–Trinajstić information content (AvgIpc) is 2.74. The van der Waals surface area contributed by atoms with E-state index in [4.69, 9.17) is 4.74 Å². The fraction of sp³-hybridized carbons (Fsp3) is 0.167. The molecule has 0 aliphatic carbocycles. The number of hydrogen-bond donors (Lipinski definition) is 2. The van der Waals surface area contributed by atoms with Crippen molar-refractivity contribution in [2.24, 2.45) is 0 Å². The molecule has 5 nitrogen and oxygen atoms in total. The summed E-state index contributed by atoms with van der Waals surface area (Å²) in [5.41, 5.74) is 2.23. The van der Waals surface area contributed by atoms with E-state index in [0.29, 0.717) is 23.4 Å². The lowest BCUT2D eigenvalue weighted by molar-refractivity contribution is -0.885. The Morgan fingerprint density at radius 3 is 2.40 bits per heavy atom. The van der Waals surface area contributed by atoms with E-state index < -0.39 is 5.82 Å². The summed E-state index contributed by atoms with van der Waals surface area (Å²) < 4.78 is 18.8. The third-order valence-corrected chi connectivity index (χ3v) is 4.67. The molecular formula is C24H24FN2O3+. The van der Waals surface area contributed by atoms with Crippen molar-refractivity contribution in [2.75, 3.05) is 26.0 Å². The number of methoxy groups -OCH3 is 1. The van der Waals surface area contributed by atoms with Gasteiger partial charge in [0.1, 0.15) is 6.54 Å². The second-order valence-electron chi connectivity index (χ2n) is 7.07. The fourth-order valence-electron chi connectivity index (χ4n) is 3.23. The Kier molecular flexibility index (Phi) is 6.93. The summed E-state index contributed by atoms with van der Waals surface area (Å²) in [6.07, 6.45) is 0. The van der Waals surface area contributed by atoms with E-state index in [2.05, 4.69) is 5.32 Å². The summed E-state index contributed by atoms with van der Waals surface area (Å²) >= 11 is 0. The van der Waals surface area contributed by atoms with Crippen LogP contribution in [0.3, 0.4) is 0 Å². The molecule has 2 N–H and O–H groups in total. The Morgan fingerprint density at radius 2 is 1.70 bits per heavy atom. The third kappa shape index (κ3) is 5.30. The lowest BCUT2D eigenvalue weighted by atomic mass is 10.0. The van der Waals surface area contributed by atoms with Gasteiger partial charge in [0.05, 0.1) is 19.8 Å². The number of halogens is 1. The molecule has 3 rings (SSSR count). The van der Waals surface area contributed by atoms with Crippen molar-refractivity contribution in [2.45, 2.75) is 6.54 Å². The highest BCUT2D eigenvalue weighted by molar-refractivity contribution is 6.13. The van der Waals surface area contributed by atoms with Gasteiger partial charge in [0.25, 0.3) is 5.91 Å². The first-order valence-corrected chi connectivity index (χ1v) is 9.60. The molecule has 6 heteroatoms. The predicted octanol–water partition coefficient (Wildman–Crippen LogP) is 2.72. The Labute approximate surface area is 175 Å². The minimum atomic E-state index is -0.430. The lowest BCUT2D eigenvalue weighted by Crippen LogP contribution is -3.08. The van der Waals surface area contributed by atoms with Crippen molar-refractivity contribution in [1.82, 2.24) is 0 Å². The summed E-state index contributed by atoms with van der Waals surface area (Å²) in [7, 11) is 3.27. The van der Waals surface area contributed by atoms with Gasteiger partial charge in [0.15, 0.2) is 23.9 Å². The summed E-state index contributed by atoms with van der Waals surface area (Å²) in [5.74, 6) is -0.620. The zero-order chi connectivity index (χ0) is 21.5. The van der Waals surface area contributed by atoms with Gasteiger partial charge in [0.2, 0.25) is 0 Å². The van der Waals surface area contributed by atoms with Crippen LogP contribution >= 0.6 is 0 Å². The zero-order valence-corrected chi connectivity index (χ0v) is 16.9.